The summed E-state index contributed by atoms with van der Waals surface area (Å²) in [7, 11) is 0. The first-order chi connectivity index (χ1) is 12.2. The van der Waals surface area contributed by atoms with E-state index in [1.54, 1.807) is 4.68 Å². The summed E-state index contributed by atoms with van der Waals surface area (Å²) in [5.41, 5.74) is 3.44. The van der Waals surface area contributed by atoms with Gasteiger partial charge in [0.25, 0.3) is 0 Å². The molecule has 2 aromatic rings. The number of aryl methyl sites for hydroxylation is 2. The number of fused-ring (bicyclic) bond motifs is 2. The molecule has 6 nitrogen and oxygen atoms in total. The van der Waals surface area contributed by atoms with E-state index in [1.807, 2.05) is 31.3 Å². The highest BCUT2D eigenvalue weighted by Crippen LogP contribution is 2.32. The van der Waals surface area contributed by atoms with Gasteiger partial charge in [-0.05, 0) is 55.9 Å². The molecule has 1 aliphatic carbocycles. The highest BCUT2D eigenvalue weighted by atomic mass is 16.6. The fourth-order valence-corrected chi connectivity index (χ4v) is 3.46. The second-order valence-electron chi connectivity index (χ2n) is 6.70. The van der Waals surface area contributed by atoms with E-state index in [0.717, 1.165) is 35.6 Å². The predicted octanol–water partition coefficient (Wildman–Crippen LogP) is 2.41. The Labute approximate surface area is 147 Å². The minimum Gasteiger partial charge on any atom is -0.486 e. The van der Waals surface area contributed by atoms with E-state index in [0.29, 0.717) is 13.2 Å². The van der Waals surface area contributed by atoms with E-state index in [4.69, 9.17) is 9.47 Å². The maximum atomic E-state index is 12.4. The third kappa shape index (κ3) is 3.48. The topological polar surface area (TPSA) is 65.4 Å². The van der Waals surface area contributed by atoms with Crippen molar-refractivity contribution < 1.29 is 14.3 Å². The maximum Gasteiger partial charge on any atom is 0.242 e. The molecular formula is C19H23N3O3. The highest BCUT2D eigenvalue weighted by molar-refractivity contribution is 5.76. The van der Waals surface area contributed by atoms with Crippen molar-refractivity contribution in [3.63, 3.8) is 0 Å². The molecule has 1 aromatic heterocycles. The monoisotopic (exact) mass is 341 g/mol. The van der Waals surface area contributed by atoms with E-state index in [2.05, 4.69) is 10.4 Å². The largest absolute Gasteiger partial charge is 0.486 e. The van der Waals surface area contributed by atoms with Crippen LogP contribution in [0.3, 0.4) is 0 Å². The van der Waals surface area contributed by atoms with Crippen LogP contribution in [0.15, 0.2) is 24.4 Å². The molecule has 2 aliphatic rings. The molecule has 1 amide bonds. The minimum atomic E-state index is -0.103. The molecule has 1 atom stereocenters. The Morgan fingerprint density at radius 1 is 1.24 bits per heavy atom. The normalized spacial score (nSPS) is 16.8. The van der Waals surface area contributed by atoms with Gasteiger partial charge in [-0.15, -0.1) is 0 Å². The Balaban J connectivity index is 1.39. The number of hydrogen-bond donors (Lipinski definition) is 1. The second kappa shape index (κ2) is 6.78. The van der Waals surface area contributed by atoms with Crippen molar-refractivity contribution in [1.29, 1.82) is 0 Å². The molecule has 0 bridgehead atoms. The van der Waals surface area contributed by atoms with Crippen LogP contribution in [-0.2, 0) is 24.2 Å². The Morgan fingerprint density at radius 2 is 2.04 bits per heavy atom. The highest BCUT2D eigenvalue weighted by Gasteiger charge is 2.18. The summed E-state index contributed by atoms with van der Waals surface area (Å²) in [6, 6.07) is 5.69. The molecule has 1 aliphatic heterocycles. The van der Waals surface area contributed by atoms with Gasteiger partial charge in [0.1, 0.15) is 19.8 Å². The Kier molecular flexibility index (Phi) is 4.34. The standard InChI is InChI=1S/C19H23N3O3/c1-13(14-6-7-17-18(10-14)25-9-8-24-17)20-19(23)12-22-11-15-4-2-3-5-16(15)21-22/h6-7,10-11,13H,2-5,8-9,12H2,1H3,(H,20,23). The smallest absolute Gasteiger partial charge is 0.242 e. The van der Waals surface area contributed by atoms with E-state index < -0.39 is 0 Å². The molecule has 0 saturated carbocycles. The summed E-state index contributed by atoms with van der Waals surface area (Å²) < 4.78 is 12.9. The molecule has 0 spiro atoms. The van der Waals surface area contributed by atoms with Crippen molar-refractivity contribution in [2.24, 2.45) is 0 Å². The number of nitrogens with one attached hydrogen (secondary N) is 1. The number of ether oxygens (including phenoxy) is 2. The molecule has 132 valence electrons. The van der Waals surface area contributed by atoms with Gasteiger partial charge in [-0.2, -0.15) is 5.10 Å². The fraction of sp³-hybridized carbons (Fsp3) is 0.474. The first kappa shape index (κ1) is 16.0. The van der Waals surface area contributed by atoms with Crippen molar-refractivity contribution in [3.8, 4) is 11.5 Å². The van der Waals surface area contributed by atoms with Gasteiger partial charge in [0, 0.05) is 6.20 Å². The SMILES string of the molecule is CC(NC(=O)Cn1cc2c(n1)CCCC2)c1ccc2c(c1)OCCO2. The molecular weight excluding hydrogens is 318 g/mol. The molecule has 1 N–H and O–H groups in total. The lowest BCUT2D eigenvalue weighted by Gasteiger charge is -2.21. The lowest BCUT2D eigenvalue weighted by Crippen LogP contribution is -2.30. The van der Waals surface area contributed by atoms with Crippen LogP contribution in [-0.4, -0.2) is 28.9 Å². The summed E-state index contributed by atoms with van der Waals surface area (Å²) in [5, 5.41) is 7.58. The van der Waals surface area contributed by atoms with Crippen molar-refractivity contribution in [2.45, 2.75) is 45.2 Å². The van der Waals surface area contributed by atoms with Gasteiger partial charge in [0.15, 0.2) is 11.5 Å². The van der Waals surface area contributed by atoms with Crippen LogP contribution >= 0.6 is 0 Å². The van der Waals surface area contributed by atoms with Crippen molar-refractivity contribution in [1.82, 2.24) is 15.1 Å². The van der Waals surface area contributed by atoms with Gasteiger partial charge in [-0.1, -0.05) is 6.07 Å². The quantitative estimate of drug-likeness (QED) is 0.927. The third-order valence-electron chi connectivity index (χ3n) is 4.78. The maximum absolute atomic E-state index is 12.4. The van der Waals surface area contributed by atoms with Crippen molar-refractivity contribution in [2.75, 3.05) is 13.2 Å². The predicted molar refractivity (Wildman–Crippen MR) is 92.9 cm³/mol. The van der Waals surface area contributed by atoms with E-state index in [1.165, 1.54) is 18.4 Å². The van der Waals surface area contributed by atoms with Gasteiger partial charge in [0.05, 0.1) is 11.7 Å². The first-order valence-corrected chi connectivity index (χ1v) is 8.93. The summed E-state index contributed by atoms with van der Waals surface area (Å²) in [5.74, 6) is 1.46. The van der Waals surface area contributed by atoms with Crippen molar-refractivity contribution >= 4 is 5.91 Å². The third-order valence-corrected chi connectivity index (χ3v) is 4.78. The van der Waals surface area contributed by atoms with Crippen LogP contribution in [0, 0.1) is 0 Å². The van der Waals surface area contributed by atoms with Gasteiger partial charge < -0.3 is 14.8 Å². The molecule has 0 radical (unpaired) electrons. The lowest BCUT2D eigenvalue weighted by atomic mass is 9.99. The molecule has 4 rings (SSSR count). The molecule has 1 aromatic carbocycles. The summed E-state index contributed by atoms with van der Waals surface area (Å²) >= 11 is 0. The zero-order valence-electron chi connectivity index (χ0n) is 14.5. The van der Waals surface area contributed by atoms with Crippen LogP contribution < -0.4 is 14.8 Å². The van der Waals surface area contributed by atoms with E-state index in [-0.39, 0.29) is 18.5 Å². The molecule has 6 heteroatoms. The van der Waals surface area contributed by atoms with Crippen LogP contribution in [0.5, 0.6) is 11.5 Å². The Bertz CT molecular complexity index is 761. The van der Waals surface area contributed by atoms with Gasteiger partial charge in [0.2, 0.25) is 5.91 Å². The van der Waals surface area contributed by atoms with E-state index in [9.17, 15) is 4.79 Å². The second-order valence-corrected chi connectivity index (χ2v) is 6.70. The van der Waals surface area contributed by atoms with Gasteiger partial charge in [-0.25, -0.2) is 0 Å². The molecule has 2 heterocycles. The van der Waals surface area contributed by atoms with Crippen LogP contribution in [0.25, 0.3) is 0 Å². The zero-order valence-corrected chi connectivity index (χ0v) is 14.5. The fourth-order valence-electron chi connectivity index (χ4n) is 3.46. The molecule has 1 unspecified atom stereocenters. The number of hydrogen-bond acceptors (Lipinski definition) is 4. The summed E-state index contributed by atoms with van der Waals surface area (Å²) in [6.45, 7) is 3.35. The molecule has 25 heavy (non-hydrogen) atoms. The average Bonchev–Trinajstić information content (AvgIpc) is 3.03. The first-order valence-electron chi connectivity index (χ1n) is 8.93. The van der Waals surface area contributed by atoms with Crippen molar-refractivity contribution in [3.05, 3.63) is 41.2 Å². The summed E-state index contributed by atoms with van der Waals surface area (Å²) in [6.07, 6.45) is 6.52. The number of carbonyl (C=O) groups is 1. The minimum absolute atomic E-state index is 0.0396. The van der Waals surface area contributed by atoms with Gasteiger partial charge >= 0.3 is 0 Å². The van der Waals surface area contributed by atoms with E-state index >= 15 is 0 Å². The Hall–Kier alpha value is -2.50. The lowest BCUT2D eigenvalue weighted by molar-refractivity contribution is -0.122. The summed E-state index contributed by atoms with van der Waals surface area (Å²) in [4.78, 5) is 12.4. The molecule has 0 fully saturated rings. The van der Waals surface area contributed by atoms with Crippen LogP contribution in [0.4, 0.5) is 0 Å². The number of carbonyl (C=O) groups excluding carboxylic acids is 1. The number of aromatic nitrogens is 2. The van der Waals surface area contributed by atoms with Crippen LogP contribution in [0.2, 0.25) is 0 Å². The van der Waals surface area contributed by atoms with Gasteiger partial charge in [-0.3, -0.25) is 9.48 Å². The number of rotatable bonds is 4. The average molecular weight is 341 g/mol. The Morgan fingerprint density at radius 3 is 2.88 bits per heavy atom. The number of nitrogens with zero attached hydrogens (tertiary/aromatic N) is 2. The number of amides is 1. The van der Waals surface area contributed by atoms with Crippen LogP contribution in [0.1, 0.15) is 42.6 Å². The number of benzene rings is 1. The zero-order chi connectivity index (χ0) is 17.2. The molecule has 0 saturated heterocycles.